The highest BCUT2D eigenvalue weighted by atomic mass is 16.5. The molecule has 0 aromatic heterocycles. The number of benzene rings is 1. The number of para-hydroxylation sites is 1. The largest absolute Gasteiger partial charge is 0.492 e. The number of esters is 1. The van der Waals surface area contributed by atoms with E-state index >= 15 is 0 Å². The third-order valence-corrected chi connectivity index (χ3v) is 3.35. The molecule has 0 aliphatic heterocycles. The van der Waals surface area contributed by atoms with Crippen molar-refractivity contribution in [1.82, 2.24) is 5.32 Å². The maximum atomic E-state index is 11.7. The summed E-state index contributed by atoms with van der Waals surface area (Å²) in [5, 5.41) is 3.38. The summed E-state index contributed by atoms with van der Waals surface area (Å²) in [7, 11) is 1.40. The summed E-state index contributed by atoms with van der Waals surface area (Å²) in [4.78, 5) is 11.7. The second kappa shape index (κ2) is 8.03. The molecule has 0 saturated carbocycles. The lowest BCUT2D eigenvalue weighted by Gasteiger charge is -2.23. The minimum Gasteiger partial charge on any atom is -0.492 e. The predicted molar refractivity (Wildman–Crippen MR) is 84.5 cm³/mol. The van der Waals surface area contributed by atoms with Crippen LogP contribution in [0.4, 0.5) is 0 Å². The van der Waals surface area contributed by atoms with Crippen LogP contribution in [0.3, 0.4) is 0 Å². The average Bonchev–Trinajstić information content (AvgIpc) is 2.45. The molecule has 1 N–H and O–H groups in total. The molecule has 0 bridgehead atoms. The monoisotopic (exact) mass is 293 g/mol. The smallest absolute Gasteiger partial charge is 0.314 e. The van der Waals surface area contributed by atoms with Crippen LogP contribution in [0, 0.1) is 12.3 Å². The van der Waals surface area contributed by atoms with Gasteiger partial charge < -0.3 is 14.8 Å². The SMILES string of the molecule is CCCNCc1cccc(C)c1OCC(C)(C)C(=O)OC. The number of nitrogens with one attached hydrogen (secondary N) is 1. The second-order valence-corrected chi connectivity index (χ2v) is 5.90. The Hall–Kier alpha value is -1.55. The van der Waals surface area contributed by atoms with Crippen molar-refractivity contribution in [3.63, 3.8) is 0 Å². The van der Waals surface area contributed by atoms with Crippen LogP contribution in [0.15, 0.2) is 18.2 Å². The Bertz CT molecular complexity index is 469. The number of hydrogen-bond acceptors (Lipinski definition) is 4. The molecule has 0 spiro atoms. The van der Waals surface area contributed by atoms with Crippen molar-refractivity contribution in [2.45, 2.75) is 40.7 Å². The predicted octanol–water partition coefficient (Wildman–Crippen LogP) is 3.07. The fourth-order valence-electron chi connectivity index (χ4n) is 2.05. The average molecular weight is 293 g/mol. The van der Waals surface area contributed by atoms with Crippen LogP contribution in [0.25, 0.3) is 0 Å². The molecule has 1 aromatic rings. The van der Waals surface area contributed by atoms with Gasteiger partial charge in [0.1, 0.15) is 12.4 Å². The van der Waals surface area contributed by atoms with Gasteiger partial charge in [0, 0.05) is 12.1 Å². The second-order valence-electron chi connectivity index (χ2n) is 5.90. The molecular formula is C17H27NO3. The molecule has 0 atom stereocenters. The molecule has 0 radical (unpaired) electrons. The van der Waals surface area contributed by atoms with Crippen LogP contribution in [-0.2, 0) is 16.1 Å². The van der Waals surface area contributed by atoms with Crippen molar-refractivity contribution in [3.05, 3.63) is 29.3 Å². The van der Waals surface area contributed by atoms with Crippen molar-refractivity contribution in [1.29, 1.82) is 0 Å². The van der Waals surface area contributed by atoms with Crippen molar-refractivity contribution >= 4 is 5.97 Å². The summed E-state index contributed by atoms with van der Waals surface area (Å²) in [6, 6.07) is 6.09. The zero-order valence-corrected chi connectivity index (χ0v) is 13.8. The van der Waals surface area contributed by atoms with E-state index in [-0.39, 0.29) is 5.97 Å². The molecule has 1 rings (SSSR count). The van der Waals surface area contributed by atoms with E-state index in [1.165, 1.54) is 7.11 Å². The van der Waals surface area contributed by atoms with Crippen LogP contribution in [0.2, 0.25) is 0 Å². The van der Waals surface area contributed by atoms with E-state index in [1.807, 2.05) is 32.9 Å². The lowest BCUT2D eigenvalue weighted by atomic mass is 9.95. The molecule has 0 aliphatic carbocycles. The summed E-state index contributed by atoms with van der Waals surface area (Å²) in [6.07, 6.45) is 1.09. The van der Waals surface area contributed by atoms with E-state index in [0.717, 1.165) is 36.4 Å². The van der Waals surface area contributed by atoms with Gasteiger partial charge in [-0.2, -0.15) is 0 Å². The number of aryl methyl sites for hydroxylation is 1. The lowest BCUT2D eigenvalue weighted by Crippen LogP contribution is -2.32. The van der Waals surface area contributed by atoms with Gasteiger partial charge in [0.2, 0.25) is 0 Å². The van der Waals surface area contributed by atoms with Gasteiger partial charge in [-0.1, -0.05) is 25.1 Å². The summed E-state index contributed by atoms with van der Waals surface area (Å²) in [5.41, 5.74) is 1.53. The van der Waals surface area contributed by atoms with E-state index < -0.39 is 5.41 Å². The first-order valence-electron chi connectivity index (χ1n) is 7.42. The van der Waals surface area contributed by atoms with Gasteiger partial charge in [0.05, 0.1) is 12.5 Å². The highest BCUT2D eigenvalue weighted by Gasteiger charge is 2.30. The number of carbonyl (C=O) groups excluding carboxylic acids is 1. The Morgan fingerprint density at radius 3 is 2.67 bits per heavy atom. The maximum absolute atomic E-state index is 11.7. The zero-order chi connectivity index (χ0) is 15.9. The van der Waals surface area contributed by atoms with Gasteiger partial charge in [0.25, 0.3) is 0 Å². The molecule has 0 saturated heterocycles. The van der Waals surface area contributed by atoms with Crippen LogP contribution in [0.1, 0.15) is 38.3 Å². The van der Waals surface area contributed by atoms with E-state index in [1.54, 1.807) is 0 Å². The van der Waals surface area contributed by atoms with E-state index in [0.29, 0.717) is 6.61 Å². The van der Waals surface area contributed by atoms with Crippen molar-refractivity contribution in [2.75, 3.05) is 20.3 Å². The number of rotatable bonds is 8. The fourth-order valence-corrected chi connectivity index (χ4v) is 2.05. The minimum atomic E-state index is -0.662. The number of methoxy groups -OCH3 is 1. The lowest BCUT2D eigenvalue weighted by molar-refractivity contribution is -0.152. The van der Waals surface area contributed by atoms with Crippen LogP contribution >= 0.6 is 0 Å². The van der Waals surface area contributed by atoms with Crippen molar-refractivity contribution < 1.29 is 14.3 Å². The zero-order valence-electron chi connectivity index (χ0n) is 13.8. The van der Waals surface area contributed by atoms with Crippen molar-refractivity contribution in [2.24, 2.45) is 5.41 Å². The van der Waals surface area contributed by atoms with Gasteiger partial charge in [-0.05, 0) is 39.3 Å². The number of hydrogen-bond donors (Lipinski definition) is 1. The topological polar surface area (TPSA) is 47.6 Å². The van der Waals surface area contributed by atoms with Crippen molar-refractivity contribution in [3.8, 4) is 5.75 Å². The van der Waals surface area contributed by atoms with Crippen LogP contribution in [-0.4, -0.2) is 26.2 Å². The van der Waals surface area contributed by atoms with Gasteiger partial charge in [0.15, 0.2) is 0 Å². The number of ether oxygens (including phenoxy) is 2. The quantitative estimate of drug-likeness (QED) is 0.591. The first-order valence-corrected chi connectivity index (χ1v) is 7.42. The minimum absolute atomic E-state index is 0.262. The fraction of sp³-hybridized carbons (Fsp3) is 0.588. The summed E-state index contributed by atoms with van der Waals surface area (Å²) in [6.45, 7) is 9.84. The Balaban J connectivity index is 2.79. The van der Waals surface area contributed by atoms with E-state index in [9.17, 15) is 4.79 Å². The standard InChI is InChI=1S/C17H27NO3/c1-6-10-18-11-14-9-7-8-13(2)15(14)21-12-17(3,4)16(19)20-5/h7-9,18H,6,10-12H2,1-5H3. The molecule has 0 fully saturated rings. The van der Waals surface area contributed by atoms with Gasteiger partial charge in [-0.25, -0.2) is 0 Å². The molecule has 1 aromatic carbocycles. The van der Waals surface area contributed by atoms with Crippen LogP contribution < -0.4 is 10.1 Å². The summed E-state index contributed by atoms with van der Waals surface area (Å²) < 4.78 is 10.8. The van der Waals surface area contributed by atoms with Gasteiger partial charge in [-0.15, -0.1) is 0 Å². The molecule has 21 heavy (non-hydrogen) atoms. The third-order valence-electron chi connectivity index (χ3n) is 3.35. The highest BCUT2D eigenvalue weighted by molar-refractivity contribution is 5.75. The molecule has 118 valence electrons. The van der Waals surface area contributed by atoms with E-state index in [4.69, 9.17) is 9.47 Å². The van der Waals surface area contributed by atoms with E-state index in [2.05, 4.69) is 18.3 Å². The number of carbonyl (C=O) groups is 1. The highest BCUT2D eigenvalue weighted by Crippen LogP contribution is 2.26. The first-order chi connectivity index (χ1) is 9.92. The van der Waals surface area contributed by atoms with Gasteiger partial charge in [-0.3, -0.25) is 4.79 Å². The Morgan fingerprint density at radius 2 is 2.05 bits per heavy atom. The summed E-state index contributed by atoms with van der Waals surface area (Å²) in [5.74, 6) is 0.597. The molecule has 0 aliphatic rings. The van der Waals surface area contributed by atoms with Crippen LogP contribution in [0.5, 0.6) is 5.75 Å². The molecule has 4 nitrogen and oxygen atoms in total. The summed E-state index contributed by atoms with van der Waals surface area (Å²) >= 11 is 0. The Labute approximate surface area is 127 Å². The molecule has 0 unspecified atom stereocenters. The maximum Gasteiger partial charge on any atom is 0.314 e. The Kier molecular flexibility index (Phi) is 6.69. The first kappa shape index (κ1) is 17.5. The molecular weight excluding hydrogens is 266 g/mol. The molecule has 0 heterocycles. The normalized spacial score (nSPS) is 11.3. The molecule has 0 amide bonds. The third kappa shape index (κ3) is 5.05. The Morgan fingerprint density at radius 1 is 1.33 bits per heavy atom. The molecule has 4 heteroatoms. The van der Waals surface area contributed by atoms with Gasteiger partial charge >= 0.3 is 5.97 Å².